The lowest BCUT2D eigenvalue weighted by Crippen LogP contribution is -2.37. The Morgan fingerprint density at radius 2 is 2.15 bits per heavy atom. The quantitative estimate of drug-likeness (QED) is 0.705. The Labute approximate surface area is 120 Å². The smallest absolute Gasteiger partial charge is 0.239 e. The monoisotopic (exact) mass is 280 g/mol. The van der Waals surface area contributed by atoms with Crippen molar-refractivity contribution in [3.8, 4) is 0 Å². The molecule has 0 heterocycles. The second kappa shape index (κ2) is 8.55. The maximum atomic E-state index is 11.8. The lowest BCUT2D eigenvalue weighted by atomic mass is 10.0. The molecule has 5 nitrogen and oxygen atoms in total. The van der Waals surface area contributed by atoms with Crippen LogP contribution in [0.25, 0.3) is 0 Å². The minimum absolute atomic E-state index is 0.0645. The van der Waals surface area contributed by atoms with Crippen molar-refractivity contribution >= 4 is 11.6 Å². The summed E-state index contributed by atoms with van der Waals surface area (Å²) in [7, 11) is 3.44. The van der Waals surface area contributed by atoms with Crippen LogP contribution in [0.3, 0.4) is 0 Å². The zero-order chi connectivity index (χ0) is 15.0. The van der Waals surface area contributed by atoms with Crippen molar-refractivity contribution < 1.29 is 14.6 Å². The Morgan fingerprint density at radius 1 is 1.45 bits per heavy atom. The Kier molecular flexibility index (Phi) is 7.04. The van der Waals surface area contributed by atoms with Crippen LogP contribution in [-0.2, 0) is 9.53 Å². The van der Waals surface area contributed by atoms with Gasteiger partial charge in [-0.3, -0.25) is 4.79 Å². The number of hydrogen-bond acceptors (Lipinski definition) is 4. The van der Waals surface area contributed by atoms with Crippen LogP contribution in [0.15, 0.2) is 24.3 Å². The average Bonchev–Trinajstić information content (AvgIpc) is 2.46. The molecule has 20 heavy (non-hydrogen) atoms. The van der Waals surface area contributed by atoms with E-state index in [9.17, 15) is 9.90 Å². The number of ether oxygens (including phenoxy) is 1. The highest BCUT2D eigenvalue weighted by Gasteiger charge is 2.14. The first-order chi connectivity index (χ1) is 9.60. The predicted octanol–water partition coefficient (Wildman–Crippen LogP) is 1.33. The summed E-state index contributed by atoms with van der Waals surface area (Å²) in [5.74, 6) is -0.0645. The summed E-state index contributed by atoms with van der Waals surface area (Å²) in [6, 6.07) is 7.60. The van der Waals surface area contributed by atoms with Gasteiger partial charge in [0.05, 0.1) is 19.3 Å². The Hall–Kier alpha value is -1.59. The number of benzene rings is 1. The molecule has 0 spiro atoms. The molecule has 1 amide bonds. The third kappa shape index (κ3) is 4.83. The van der Waals surface area contributed by atoms with E-state index >= 15 is 0 Å². The highest BCUT2D eigenvalue weighted by molar-refractivity contribution is 5.81. The van der Waals surface area contributed by atoms with Gasteiger partial charge in [-0.25, -0.2) is 0 Å². The van der Waals surface area contributed by atoms with Gasteiger partial charge < -0.3 is 20.1 Å². The molecule has 1 aromatic carbocycles. The van der Waals surface area contributed by atoms with Crippen molar-refractivity contribution in [3.05, 3.63) is 29.8 Å². The van der Waals surface area contributed by atoms with Gasteiger partial charge in [-0.05, 0) is 12.5 Å². The van der Waals surface area contributed by atoms with Gasteiger partial charge in [0.1, 0.15) is 0 Å². The number of hydrogen-bond donors (Lipinski definition) is 2. The lowest BCUT2D eigenvalue weighted by Gasteiger charge is -2.23. The SMILES string of the molecule is CC[C@H](O)c1ccccc1N(C)CC(=O)NCCOC. The van der Waals surface area contributed by atoms with Gasteiger partial charge in [0, 0.05) is 32.0 Å². The highest BCUT2D eigenvalue weighted by Crippen LogP contribution is 2.27. The third-order valence-corrected chi connectivity index (χ3v) is 3.10. The van der Waals surface area contributed by atoms with E-state index in [1.807, 2.05) is 43.1 Å². The number of amides is 1. The van der Waals surface area contributed by atoms with E-state index in [-0.39, 0.29) is 12.5 Å². The number of aliphatic hydroxyl groups is 1. The molecule has 0 fully saturated rings. The molecule has 0 aliphatic heterocycles. The molecule has 0 aliphatic rings. The number of carbonyl (C=O) groups excluding carboxylic acids is 1. The lowest BCUT2D eigenvalue weighted by molar-refractivity contribution is -0.119. The zero-order valence-electron chi connectivity index (χ0n) is 12.4. The van der Waals surface area contributed by atoms with E-state index in [4.69, 9.17) is 4.74 Å². The van der Waals surface area contributed by atoms with E-state index in [0.29, 0.717) is 19.6 Å². The predicted molar refractivity (Wildman–Crippen MR) is 79.8 cm³/mol. The molecule has 0 bridgehead atoms. The Bertz CT molecular complexity index is 423. The minimum Gasteiger partial charge on any atom is -0.388 e. The molecule has 1 aromatic rings. The number of nitrogens with one attached hydrogen (secondary N) is 1. The van der Waals surface area contributed by atoms with Crippen LogP contribution >= 0.6 is 0 Å². The standard InChI is InChI=1S/C15H24N2O3/c1-4-14(18)12-7-5-6-8-13(12)17(2)11-15(19)16-9-10-20-3/h5-8,14,18H,4,9-11H2,1-3H3,(H,16,19)/t14-/m0/s1. The number of methoxy groups -OCH3 is 1. The summed E-state index contributed by atoms with van der Waals surface area (Å²) in [4.78, 5) is 13.6. The molecule has 5 heteroatoms. The van der Waals surface area contributed by atoms with Gasteiger partial charge in [-0.15, -0.1) is 0 Å². The summed E-state index contributed by atoms with van der Waals surface area (Å²) >= 11 is 0. The van der Waals surface area contributed by atoms with Crippen LogP contribution in [0.5, 0.6) is 0 Å². The Morgan fingerprint density at radius 3 is 2.80 bits per heavy atom. The molecule has 0 saturated carbocycles. The van der Waals surface area contributed by atoms with E-state index in [2.05, 4.69) is 5.32 Å². The van der Waals surface area contributed by atoms with E-state index in [0.717, 1.165) is 11.3 Å². The van der Waals surface area contributed by atoms with Gasteiger partial charge in [0.25, 0.3) is 0 Å². The number of carbonyl (C=O) groups is 1. The van der Waals surface area contributed by atoms with Gasteiger partial charge >= 0.3 is 0 Å². The van der Waals surface area contributed by atoms with Crippen LogP contribution in [0.2, 0.25) is 0 Å². The summed E-state index contributed by atoms with van der Waals surface area (Å²) in [5, 5.41) is 12.8. The normalized spacial score (nSPS) is 12.0. The van der Waals surface area contributed by atoms with E-state index in [1.165, 1.54) is 0 Å². The molecule has 1 atom stereocenters. The topological polar surface area (TPSA) is 61.8 Å². The summed E-state index contributed by atoms with van der Waals surface area (Å²) in [6.45, 7) is 3.18. The van der Waals surface area contributed by atoms with E-state index < -0.39 is 6.10 Å². The number of anilines is 1. The van der Waals surface area contributed by atoms with Crippen molar-refractivity contribution in [2.24, 2.45) is 0 Å². The van der Waals surface area contributed by atoms with Crippen LogP contribution in [0.4, 0.5) is 5.69 Å². The Balaban J connectivity index is 2.67. The maximum absolute atomic E-state index is 11.8. The largest absolute Gasteiger partial charge is 0.388 e. The first-order valence-corrected chi connectivity index (χ1v) is 6.83. The molecule has 112 valence electrons. The fourth-order valence-corrected chi connectivity index (χ4v) is 1.99. The van der Waals surface area contributed by atoms with Gasteiger partial charge in [0.15, 0.2) is 0 Å². The molecule has 0 saturated heterocycles. The number of aliphatic hydroxyl groups excluding tert-OH is 1. The van der Waals surface area contributed by atoms with Crippen LogP contribution in [0.1, 0.15) is 25.0 Å². The van der Waals surface area contributed by atoms with Gasteiger partial charge in [-0.1, -0.05) is 25.1 Å². The highest BCUT2D eigenvalue weighted by atomic mass is 16.5. The van der Waals surface area contributed by atoms with Crippen LogP contribution in [0, 0.1) is 0 Å². The number of rotatable bonds is 8. The second-order valence-corrected chi connectivity index (χ2v) is 4.68. The van der Waals surface area contributed by atoms with E-state index in [1.54, 1.807) is 7.11 Å². The van der Waals surface area contributed by atoms with Gasteiger partial charge in [0.2, 0.25) is 5.91 Å². The van der Waals surface area contributed by atoms with Crippen LogP contribution < -0.4 is 10.2 Å². The fraction of sp³-hybridized carbons (Fsp3) is 0.533. The maximum Gasteiger partial charge on any atom is 0.239 e. The average molecular weight is 280 g/mol. The molecular weight excluding hydrogens is 256 g/mol. The van der Waals surface area contributed by atoms with Crippen molar-refractivity contribution in [2.75, 3.05) is 38.8 Å². The first kappa shape index (κ1) is 16.5. The molecule has 0 unspecified atom stereocenters. The zero-order valence-corrected chi connectivity index (χ0v) is 12.4. The molecule has 2 N–H and O–H groups in total. The number of para-hydroxylation sites is 1. The van der Waals surface area contributed by atoms with Crippen molar-refractivity contribution in [2.45, 2.75) is 19.4 Å². The first-order valence-electron chi connectivity index (χ1n) is 6.83. The third-order valence-electron chi connectivity index (χ3n) is 3.10. The molecule has 0 aliphatic carbocycles. The summed E-state index contributed by atoms with van der Waals surface area (Å²) in [5.41, 5.74) is 1.73. The molecule has 1 rings (SSSR count). The number of nitrogens with zero attached hydrogens (tertiary/aromatic N) is 1. The van der Waals surface area contributed by atoms with Crippen LogP contribution in [-0.4, -0.2) is 44.9 Å². The van der Waals surface area contributed by atoms with Crippen molar-refractivity contribution in [1.82, 2.24) is 5.32 Å². The summed E-state index contributed by atoms with van der Waals surface area (Å²) < 4.78 is 4.89. The molecule has 0 radical (unpaired) electrons. The van der Waals surface area contributed by atoms with Crippen molar-refractivity contribution in [3.63, 3.8) is 0 Å². The number of likely N-dealkylation sites (N-methyl/N-ethyl adjacent to an activating group) is 1. The minimum atomic E-state index is -0.509. The van der Waals surface area contributed by atoms with Crippen molar-refractivity contribution in [1.29, 1.82) is 0 Å². The second-order valence-electron chi connectivity index (χ2n) is 4.68. The van der Waals surface area contributed by atoms with Gasteiger partial charge in [-0.2, -0.15) is 0 Å². The molecular formula is C15H24N2O3. The fourth-order valence-electron chi connectivity index (χ4n) is 1.99. The summed E-state index contributed by atoms with van der Waals surface area (Å²) in [6.07, 6.45) is 0.135. The molecule has 0 aromatic heterocycles.